The minimum atomic E-state index is -0.213. The summed E-state index contributed by atoms with van der Waals surface area (Å²) in [6, 6.07) is 11.2. The number of aromatic nitrogens is 2. The predicted molar refractivity (Wildman–Crippen MR) is 97.5 cm³/mol. The molecule has 6 nitrogen and oxygen atoms in total. The van der Waals surface area contributed by atoms with Gasteiger partial charge in [-0.1, -0.05) is 17.7 Å². The highest BCUT2D eigenvalue weighted by molar-refractivity contribution is 5.66. The van der Waals surface area contributed by atoms with Crippen molar-refractivity contribution in [2.75, 3.05) is 14.2 Å². The van der Waals surface area contributed by atoms with Crippen molar-refractivity contribution in [3.05, 3.63) is 63.4 Å². The van der Waals surface area contributed by atoms with Crippen molar-refractivity contribution in [3.8, 4) is 34.5 Å². The zero-order chi connectivity index (χ0) is 18.3. The fraction of sp³-hybridized carbons (Fsp3) is 0.200. The Balaban J connectivity index is 1.81. The molecule has 0 atom stereocenters. The number of nitrogens with one attached hydrogen (secondary N) is 1. The summed E-state index contributed by atoms with van der Waals surface area (Å²) in [5.41, 5.74) is 3.08. The highest BCUT2D eigenvalue weighted by Gasteiger charge is 2.23. The van der Waals surface area contributed by atoms with Gasteiger partial charge in [-0.15, -0.1) is 0 Å². The predicted octanol–water partition coefficient (Wildman–Crippen LogP) is 3.46. The minimum Gasteiger partial charge on any atom is -0.497 e. The molecular formula is C20H18N2O4. The van der Waals surface area contributed by atoms with Gasteiger partial charge in [-0.2, -0.15) is 4.98 Å². The van der Waals surface area contributed by atoms with Gasteiger partial charge in [-0.05, 0) is 30.7 Å². The summed E-state index contributed by atoms with van der Waals surface area (Å²) >= 11 is 0. The molecule has 1 N–H and O–H groups in total. The largest absolute Gasteiger partial charge is 0.497 e. The second-order valence-corrected chi connectivity index (χ2v) is 6.15. The molecule has 0 fully saturated rings. The second kappa shape index (κ2) is 6.22. The van der Waals surface area contributed by atoms with Crippen LogP contribution >= 0.6 is 0 Å². The van der Waals surface area contributed by atoms with E-state index in [9.17, 15) is 4.79 Å². The number of methoxy groups -OCH3 is 2. The molecule has 26 heavy (non-hydrogen) atoms. The molecule has 0 bridgehead atoms. The first-order chi connectivity index (χ1) is 12.6. The molecule has 0 saturated carbocycles. The number of hydrogen-bond donors (Lipinski definition) is 1. The summed E-state index contributed by atoms with van der Waals surface area (Å²) in [7, 11) is 3.14. The monoisotopic (exact) mass is 350 g/mol. The van der Waals surface area contributed by atoms with E-state index >= 15 is 0 Å². The lowest BCUT2D eigenvalue weighted by Gasteiger charge is -2.20. The van der Waals surface area contributed by atoms with Gasteiger partial charge in [-0.25, -0.2) is 0 Å². The first kappa shape index (κ1) is 16.2. The number of ether oxygens (including phenoxy) is 3. The quantitative estimate of drug-likeness (QED) is 0.612. The van der Waals surface area contributed by atoms with E-state index in [1.807, 2.05) is 25.1 Å². The lowest BCUT2D eigenvalue weighted by Crippen LogP contribution is -2.20. The van der Waals surface area contributed by atoms with E-state index in [0.29, 0.717) is 40.8 Å². The summed E-state index contributed by atoms with van der Waals surface area (Å²) < 4.78 is 16.5. The Kier molecular flexibility index (Phi) is 3.88. The van der Waals surface area contributed by atoms with Crippen molar-refractivity contribution in [1.29, 1.82) is 0 Å². The molecule has 132 valence electrons. The molecule has 2 heterocycles. The van der Waals surface area contributed by atoms with Crippen molar-refractivity contribution < 1.29 is 14.2 Å². The molecule has 1 aromatic heterocycles. The number of aryl methyl sites for hydroxylation is 1. The van der Waals surface area contributed by atoms with E-state index < -0.39 is 0 Å². The zero-order valence-corrected chi connectivity index (χ0v) is 14.8. The third kappa shape index (κ3) is 2.69. The maximum atomic E-state index is 12.6. The average Bonchev–Trinajstić information content (AvgIpc) is 2.66. The lowest BCUT2D eigenvalue weighted by atomic mass is 10.0. The van der Waals surface area contributed by atoms with Gasteiger partial charge in [0.15, 0.2) is 0 Å². The Morgan fingerprint density at radius 3 is 2.73 bits per heavy atom. The zero-order valence-electron chi connectivity index (χ0n) is 14.8. The van der Waals surface area contributed by atoms with E-state index in [-0.39, 0.29) is 5.56 Å². The molecule has 1 aliphatic heterocycles. The molecule has 0 aliphatic carbocycles. The Morgan fingerprint density at radius 1 is 1.12 bits per heavy atom. The van der Waals surface area contributed by atoms with Gasteiger partial charge in [0, 0.05) is 12.5 Å². The lowest BCUT2D eigenvalue weighted by molar-refractivity contribution is 0.395. The van der Waals surface area contributed by atoms with Crippen LogP contribution in [0.4, 0.5) is 0 Å². The van der Waals surface area contributed by atoms with Gasteiger partial charge < -0.3 is 19.2 Å². The Morgan fingerprint density at radius 2 is 1.96 bits per heavy atom. The van der Waals surface area contributed by atoms with Crippen molar-refractivity contribution in [2.24, 2.45) is 0 Å². The second-order valence-electron chi connectivity index (χ2n) is 6.15. The molecule has 0 spiro atoms. The molecule has 1 aliphatic rings. The van der Waals surface area contributed by atoms with Crippen LogP contribution in [-0.2, 0) is 6.42 Å². The van der Waals surface area contributed by atoms with Crippen molar-refractivity contribution in [2.45, 2.75) is 13.3 Å². The maximum absolute atomic E-state index is 12.6. The molecule has 4 rings (SSSR count). The number of rotatable bonds is 3. The summed E-state index contributed by atoms with van der Waals surface area (Å²) in [5.74, 6) is 2.67. The molecule has 0 amide bonds. The highest BCUT2D eigenvalue weighted by atomic mass is 16.5. The third-order valence-corrected chi connectivity index (χ3v) is 4.43. The molecule has 3 aromatic rings. The van der Waals surface area contributed by atoms with Crippen LogP contribution < -0.4 is 19.8 Å². The molecule has 2 aromatic carbocycles. The summed E-state index contributed by atoms with van der Waals surface area (Å²) in [6.45, 7) is 2.01. The number of fused-ring (bicyclic) bond motifs is 2. The topological polar surface area (TPSA) is 73.4 Å². The van der Waals surface area contributed by atoms with Crippen molar-refractivity contribution in [3.63, 3.8) is 0 Å². The molecule has 0 unspecified atom stereocenters. The smallest absolute Gasteiger partial charge is 0.258 e. The summed E-state index contributed by atoms with van der Waals surface area (Å²) in [5, 5.41) is 0. The number of aromatic amines is 1. The van der Waals surface area contributed by atoms with E-state index in [4.69, 9.17) is 14.2 Å². The van der Waals surface area contributed by atoms with Crippen LogP contribution in [0.5, 0.6) is 23.1 Å². The number of nitrogens with zero attached hydrogens (tertiary/aromatic N) is 1. The van der Waals surface area contributed by atoms with Crippen LogP contribution in [0.3, 0.4) is 0 Å². The van der Waals surface area contributed by atoms with E-state index in [1.54, 1.807) is 32.4 Å². The first-order valence-corrected chi connectivity index (χ1v) is 8.22. The standard InChI is InChI=1S/C20H18N2O4/c1-11-4-7-16-12(8-11)9-15-19(23)21-18(22-20(15)26-16)14-6-5-13(24-2)10-17(14)25-3/h4-8,10H,9H2,1-3H3,(H,21,22,23). The van der Waals surface area contributed by atoms with E-state index in [1.165, 1.54) is 0 Å². The van der Waals surface area contributed by atoms with Crippen LogP contribution in [0, 0.1) is 6.92 Å². The molecule has 0 radical (unpaired) electrons. The number of hydrogen-bond acceptors (Lipinski definition) is 5. The maximum Gasteiger partial charge on any atom is 0.258 e. The van der Waals surface area contributed by atoms with Crippen molar-refractivity contribution in [1.82, 2.24) is 9.97 Å². The fourth-order valence-electron chi connectivity index (χ4n) is 3.08. The first-order valence-electron chi connectivity index (χ1n) is 8.22. The van der Waals surface area contributed by atoms with Gasteiger partial charge in [0.2, 0.25) is 5.88 Å². The molecule has 6 heteroatoms. The fourth-order valence-corrected chi connectivity index (χ4v) is 3.08. The van der Waals surface area contributed by atoms with Gasteiger partial charge in [0.05, 0.1) is 25.3 Å². The normalized spacial score (nSPS) is 12.0. The van der Waals surface area contributed by atoms with Gasteiger partial charge in [0.1, 0.15) is 23.1 Å². The Labute approximate surface area is 150 Å². The number of H-pyrrole nitrogens is 1. The molecular weight excluding hydrogens is 332 g/mol. The van der Waals surface area contributed by atoms with Gasteiger partial charge >= 0.3 is 0 Å². The SMILES string of the molecule is COc1ccc(-c2nc3c(c(=O)[nH]2)Cc2cc(C)ccc2O3)c(OC)c1. The Hall–Kier alpha value is -3.28. The van der Waals surface area contributed by atoms with Crippen molar-refractivity contribution >= 4 is 0 Å². The third-order valence-electron chi connectivity index (χ3n) is 4.43. The average molecular weight is 350 g/mol. The minimum absolute atomic E-state index is 0.213. The van der Waals surface area contributed by atoms with Crippen LogP contribution in [-0.4, -0.2) is 24.2 Å². The van der Waals surface area contributed by atoms with Crippen LogP contribution in [0.2, 0.25) is 0 Å². The van der Waals surface area contributed by atoms with Crippen LogP contribution in [0.25, 0.3) is 11.4 Å². The van der Waals surface area contributed by atoms with Gasteiger partial charge in [-0.3, -0.25) is 4.79 Å². The van der Waals surface area contributed by atoms with Gasteiger partial charge in [0.25, 0.3) is 5.56 Å². The number of benzene rings is 2. The highest BCUT2D eigenvalue weighted by Crippen LogP contribution is 2.36. The van der Waals surface area contributed by atoms with E-state index in [2.05, 4.69) is 9.97 Å². The van der Waals surface area contributed by atoms with Crippen LogP contribution in [0.15, 0.2) is 41.2 Å². The van der Waals surface area contributed by atoms with Crippen LogP contribution in [0.1, 0.15) is 16.7 Å². The summed E-state index contributed by atoms with van der Waals surface area (Å²) in [6.07, 6.45) is 0.495. The molecule has 0 saturated heterocycles. The Bertz CT molecular complexity index is 1060. The summed E-state index contributed by atoms with van der Waals surface area (Å²) in [4.78, 5) is 20.0. The van der Waals surface area contributed by atoms with E-state index in [0.717, 1.165) is 16.9 Å².